The van der Waals surface area contributed by atoms with E-state index in [9.17, 15) is 4.79 Å². The van der Waals surface area contributed by atoms with Crippen LogP contribution in [-0.2, 0) is 0 Å². The summed E-state index contributed by atoms with van der Waals surface area (Å²) < 4.78 is 5.21. The van der Waals surface area contributed by atoms with Crippen molar-refractivity contribution < 1.29 is 9.53 Å². The van der Waals surface area contributed by atoms with Crippen LogP contribution in [0.15, 0.2) is 54.7 Å². The van der Waals surface area contributed by atoms with Crippen molar-refractivity contribution in [3.05, 3.63) is 60.3 Å². The Hall–Kier alpha value is -2.79. The molecule has 1 aromatic heterocycles. The number of amides is 2. The van der Waals surface area contributed by atoms with Crippen LogP contribution in [-0.4, -0.2) is 18.1 Å². The fourth-order valence-corrected chi connectivity index (χ4v) is 2.45. The molecule has 0 aliphatic heterocycles. The molecule has 2 N–H and O–H groups in total. The first-order valence-electron chi connectivity index (χ1n) is 7.24. The first-order chi connectivity index (χ1) is 11.2. The largest absolute Gasteiger partial charge is 0.496 e. The second-order valence-electron chi connectivity index (χ2n) is 5.14. The third kappa shape index (κ3) is 3.75. The molecule has 2 amide bonds. The van der Waals surface area contributed by atoms with Gasteiger partial charge in [-0.15, -0.1) is 12.4 Å². The summed E-state index contributed by atoms with van der Waals surface area (Å²) in [5.74, 6) is 0.788. The van der Waals surface area contributed by atoms with Crippen LogP contribution in [0, 0.1) is 6.92 Å². The van der Waals surface area contributed by atoms with E-state index in [1.807, 2.05) is 43.3 Å². The van der Waals surface area contributed by atoms with Gasteiger partial charge in [0.05, 0.1) is 18.3 Å². The number of rotatable bonds is 3. The molecule has 1 heterocycles. The maximum absolute atomic E-state index is 12.2. The van der Waals surface area contributed by atoms with Crippen molar-refractivity contribution >= 4 is 40.7 Å². The second kappa shape index (κ2) is 7.66. The number of hydrogen-bond acceptors (Lipinski definition) is 3. The molecule has 0 unspecified atom stereocenters. The van der Waals surface area contributed by atoms with Crippen LogP contribution in [0.4, 0.5) is 16.2 Å². The summed E-state index contributed by atoms with van der Waals surface area (Å²) in [4.78, 5) is 16.5. The number of anilines is 2. The number of halogens is 1. The molecule has 124 valence electrons. The third-order valence-corrected chi connectivity index (χ3v) is 3.55. The molecule has 0 bridgehead atoms. The molecule has 0 fully saturated rings. The number of fused-ring (bicyclic) bond motifs is 1. The van der Waals surface area contributed by atoms with Crippen LogP contribution >= 0.6 is 12.4 Å². The minimum Gasteiger partial charge on any atom is -0.496 e. The van der Waals surface area contributed by atoms with Gasteiger partial charge in [-0.05, 0) is 42.8 Å². The molecule has 2 aromatic carbocycles. The van der Waals surface area contributed by atoms with E-state index in [0.29, 0.717) is 5.69 Å². The second-order valence-corrected chi connectivity index (χ2v) is 5.14. The number of nitrogens with zero attached hydrogens (tertiary/aromatic N) is 1. The molecule has 0 aliphatic carbocycles. The maximum Gasteiger partial charge on any atom is 0.323 e. The van der Waals surface area contributed by atoms with Crippen LogP contribution < -0.4 is 15.4 Å². The minimum atomic E-state index is -0.300. The van der Waals surface area contributed by atoms with E-state index in [4.69, 9.17) is 4.74 Å². The van der Waals surface area contributed by atoms with Crippen LogP contribution in [0.2, 0.25) is 0 Å². The predicted octanol–water partition coefficient (Wildman–Crippen LogP) is 4.62. The van der Waals surface area contributed by atoms with Gasteiger partial charge in [-0.3, -0.25) is 4.98 Å². The van der Waals surface area contributed by atoms with Crippen molar-refractivity contribution in [1.82, 2.24) is 4.98 Å². The van der Waals surface area contributed by atoms with Gasteiger partial charge in [0.15, 0.2) is 0 Å². The van der Waals surface area contributed by atoms with Crippen molar-refractivity contribution in [1.29, 1.82) is 0 Å². The topological polar surface area (TPSA) is 63.2 Å². The van der Waals surface area contributed by atoms with Crippen molar-refractivity contribution in [3.8, 4) is 5.75 Å². The zero-order valence-corrected chi connectivity index (χ0v) is 14.2. The van der Waals surface area contributed by atoms with Crippen molar-refractivity contribution in [2.45, 2.75) is 6.92 Å². The number of hydrogen-bond donors (Lipinski definition) is 2. The number of ether oxygens (including phenoxy) is 1. The Balaban J connectivity index is 0.00000208. The zero-order valence-electron chi connectivity index (χ0n) is 13.4. The van der Waals surface area contributed by atoms with Crippen LogP contribution in [0.25, 0.3) is 10.9 Å². The molecule has 0 saturated carbocycles. The van der Waals surface area contributed by atoms with E-state index >= 15 is 0 Å². The Morgan fingerprint density at radius 2 is 1.88 bits per heavy atom. The fraction of sp³-hybridized carbons (Fsp3) is 0.111. The number of pyridine rings is 1. The number of carbonyl (C=O) groups excluding carboxylic acids is 1. The first kappa shape index (κ1) is 17.6. The van der Waals surface area contributed by atoms with E-state index in [2.05, 4.69) is 15.6 Å². The van der Waals surface area contributed by atoms with Gasteiger partial charge in [0.25, 0.3) is 0 Å². The molecule has 0 radical (unpaired) electrons. The van der Waals surface area contributed by atoms with Gasteiger partial charge < -0.3 is 15.4 Å². The standard InChI is InChI=1S/C18H17N3O2.ClH/c1-12-11-13(7-8-17(12)23-2)20-18(22)21-16-9-10-19-15-6-4-3-5-14(15)16;/h3-11H,1-2H3,(H2,19,20,21,22);1H. The van der Waals surface area contributed by atoms with Gasteiger partial charge in [0.2, 0.25) is 0 Å². The van der Waals surface area contributed by atoms with Gasteiger partial charge in [0.1, 0.15) is 5.75 Å². The Morgan fingerprint density at radius 3 is 2.62 bits per heavy atom. The summed E-state index contributed by atoms with van der Waals surface area (Å²) >= 11 is 0. The quantitative estimate of drug-likeness (QED) is 0.729. The lowest BCUT2D eigenvalue weighted by atomic mass is 10.2. The number of nitrogens with one attached hydrogen (secondary N) is 2. The molecule has 3 aromatic rings. The molecule has 0 spiro atoms. The Bertz CT molecular complexity index is 863. The molecule has 5 nitrogen and oxygen atoms in total. The predicted molar refractivity (Wildman–Crippen MR) is 99.4 cm³/mol. The van der Waals surface area contributed by atoms with E-state index in [-0.39, 0.29) is 18.4 Å². The fourth-order valence-electron chi connectivity index (χ4n) is 2.45. The number of aryl methyl sites for hydroxylation is 1. The highest BCUT2D eigenvalue weighted by Crippen LogP contribution is 2.23. The van der Waals surface area contributed by atoms with Crippen LogP contribution in [0.3, 0.4) is 0 Å². The molecular formula is C18H18ClN3O2. The van der Waals surface area contributed by atoms with Crippen molar-refractivity contribution in [2.75, 3.05) is 17.7 Å². The molecule has 6 heteroatoms. The van der Waals surface area contributed by atoms with Gasteiger partial charge in [0, 0.05) is 17.3 Å². The lowest BCUT2D eigenvalue weighted by molar-refractivity contribution is 0.262. The highest BCUT2D eigenvalue weighted by Gasteiger charge is 2.07. The lowest BCUT2D eigenvalue weighted by Gasteiger charge is -2.11. The highest BCUT2D eigenvalue weighted by molar-refractivity contribution is 6.05. The molecule has 0 aliphatic rings. The smallest absolute Gasteiger partial charge is 0.323 e. The Kier molecular flexibility index (Phi) is 5.60. The summed E-state index contributed by atoms with van der Waals surface area (Å²) in [6.45, 7) is 1.93. The van der Waals surface area contributed by atoms with E-state index in [0.717, 1.165) is 27.9 Å². The number of benzene rings is 2. The Morgan fingerprint density at radius 1 is 1.08 bits per heavy atom. The van der Waals surface area contributed by atoms with E-state index in [1.165, 1.54) is 0 Å². The summed E-state index contributed by atoms with van der Waals surface area (Å²) in [6.07, 6.45) is 1.68. The molecule has 24 heavy (non-hydrogen) atoms. The Labute approximate surface area is 146 Å². The number of urea groups is 1. The van der Waals surface area contributed by atoms with Crippen molar-refractivity contribution in [3.63, 3.8) is 0 Å². The maximum atomic E-state index is 12.2. The summed E-state index contributed by atoms with van der Waals surface area (Å²) in [5, 5.41) is 6.58. The highest BCUT2D eigenvalue weighted by atomic mass is 35.5. The summed E-state index contributed by atoms with van der Waals surface area (Å²) in [6, 6.07) is 14.6. The molecular weight excluding hydrogens is 326 g/mol. The number of aromatic nitrogens is 1. The number of para-hydroxylation sites is 1. The van der Waals surface area contributed by atoms with Gasteiger partial charge in [-0.1, -0.05) is 18.2 Å². The van der Waals surface area contributed by atoms with Gasteiger partial charge in [-0.2, -0.15) is 0 Å². The molecule has 3 rings (SSSR count). The molecule has 0 saturated heterocycles. The first-order valence-corrected chi connectivity index (χ1v) is 7.24. The number of methoxy groups -OCH3 is 1. The van der Waals surface area contributed by atoms with E-state index in [1.54, 1.807) is 25.4 Å². The van der Waals surface area contributed by atoms with Crippen molar-refractivity contribution in [2.24, 2.45) is 0 Å². The average Bonchev–Trinajstić information content (AvgIpc) is 2.55. The normalized spacial score (nSPS) is 9.92. The minimum absolute atomic E-state index is 0. The SMILES string of the molecule is COc1ccc(NC(=O)Nc2ccnc3ccccc23)cc1C.Cl. The van der Waals surface area contributed by atoms with Gasteiger partial charge in [-0.25, -0.2) is 4.79 Å². The molecule has 0 atom stereocenters. The van der Waals surface area contributed by atoms with Crippen LogP contribution in [0.1, 0.15) is 5.56 Å². The van der Waals surface area contributed by atoms with E-state index < -0.39 is 0 Å². The monoisotopic (exact) mass is 343 g/mol. The average molecular weight is 344 g/mol. The van der Waals surface area contributed by atoms with Gasteiger partial charge >= 0.3 is 6.03 Å². The number of carbonyl (C=O) groups is 1. The third-order valence-electron chi connectivity index (χ3n) is 3.55. The summed E-state index contributed by atoms with van der Waals surface area (Å²) in [5.41, 5.74) is 3.22. The summed E-state index contributed by atoms with van der Waals surface area (Å²) in [7, 11) is 1.62. The zero-order chi connectivity index (χ0) is 16.2. The lowest BCUT2D eigenvalue weighted by Crippen LogP contribution is -2.19. The van der Waals surface area contributed by atoms with Crippen LogP contribution in [0.5, 0.6) is 5.75 Å².